The van der Waals surface area contributed by atoms with Crippen LogP contribution in [0.1, 0.15) is 43.3 Å². The Morgan fingerprint density at radius 3 is 2.62 bits per heavy atom. The van der Waals surface area contributed by atoms with E-state index in [-0.39, 0.29) is 23.7 Å². The molecule has 6 aromatic rings. The van der Waals surface area contributed by atoms with Crippen molar-refractivity contribution in [3.05, 3.63) is 96.7 Å². The van der Waals surface area contributed by atoms with Gasteiger partial charge in [0.2, 0.25) is 11.8 Å². The first-order valence-electron chi connectivity index (χ1n) is 18.3. The number of hydrogen-bond acceptors (Lipinski definition) is 10. The van der Waals surface area contributed by atoms with Gasteiger partial charge in [0.15, 0.2) is 5.65 Å². The molecule has 3 saturated heterocycles. The van der Waals surface area contributed by atoms with Crippen molar-refractivity contribution in [1.29, 1.82) is 0 Å². The van der Waals surface area contributed by atoms with Gasteiger partial charge >= 0.3 is 0 Å². The second-order valence-corrected chi connectivity index (χ2v) is 14.0. The molecule has 2 aromatic carbocycles. The Hall–Kier alpha value is -5.89. The largest absolute Gasteiger partial charge is 0.384 e. The van der Waals surface area contributed by atoms with Gasteiger partial charge in [-0.05, 0) is 79.4 Å². The van der Waals surface area contributed by atoms with Crippen LogP contribution in [0.4, 0.5) is 21.7 Å². The first-order valence-corrected chi connectivity index (χ1v) is 18.3. The number of hydrogen-bond donors (Lipinski definition) is 2. The van der Waals surface area contributed by atoms with Gasteiger partial charge in [-0.3, -0.25) is 19.8 Å². The highest BCUT2D eigenvalue weighted by Gasteiger charge is 2.30. The highest BCUT2D eigenvalue weighted by molar-refractivity contribution is 6.00. The lowest BCUT2D eigenvalue weighted by atomic mass is 10.0. The summed E-state index contributed by atoms with van der Waals surface area (Å²) in [6.45, 7) is 6.12. The van der Waals surface area contributed by atoms with Gasteiger partial charge in [0, 0.05) is 57.9 Å². The van der Waals surface area contributed by atoms with E-state index < -0.39 is 6.04 Å². The number of pyridine rings is 1. The monoisotopic (exact) mass is 713 g/mol. The summed E-state index contributed by atoms with van der Waals surface area (Å²) in [5.74, 6) is 1.05. The van der Waals surface area contributed by atoms with Crippen molar-refractivity contribution in [3.63, 3.8) is 0 Å². The fourth-order valence-electron chi connectivity index (χ4n) is 7.93. The molecule has 14 heteroatoms. The third-order valence-electron chi connectivity index (χ3n) is 10.7. The number of carbonyl (C=O) groups excluding carboxylic acids is 2. The summed E-state index contributed by atoms with van der Waals surface area (Å²) in [6.07, 6.45) is 6.29. The number of nitrogens with one attached hydrogen (secondary N) is 2. The van der Waals surface area contributed by atoms with Crippen LogP contribution in [0.5, 0.6) is 0 Å². The molecule has 7 heterocycles. The summed E-state index contributed by atoms with van der Waals surface area (Å²) in [5, 5.41) is 11.0. The van der Waals surface area contributed by atoms with Crippen molar-refractivity contribution in [2.75, 3.05) is 60.9 Å². The van der Waals surface area contributed by atoms with Gasteiger partial charge in [-0.25, -0.2) is 23.9 Å². The molecule has 270 valence electrons. The van der Waals surface area contributed by atoms with Crippen LogP contribution in [-0.4, -0.2) is 91.7 Å². The Balaban J connectivity index is 0.819. The van der Waals surface area contributed by atoms with Gasteiger partial charge in [-0.1, -0.05) is 18.2 Å². The third kappa shape index (κ3) is 6.54. The maximum atomic E-state index is 14.1. The maximum Gasteiger partial charge on any atom is 0.249 e. The first-order chi connectivity index (χ1) is 26.0. The molecule has 0 bridgehead atoms. The number of amides is 2. The van der Waals surface area contributed by atoms with E-state index in [1.54, 1.807) is 18.5 Å². The molecule has 2 amide bonds. The van der Waals surface area contributed by atoms with E-state index >= 15 is 0 Å². The summed E-state index contributed by atoms with van der Waals surface area (Å²) < 4.78 is 17.8. The predicted octanol–water partition coefficient (Wildman–Crippen LogP) is 4.83. The molecule has 0 saturated carbocycles. The quantitative estimate of drug-likeness (QED) is 0.201. The van der Waals surface area contributed by atoms with Gasteiger partial charge in [-0.15, -0.1) is 5.10 Å². The molecule has 13 nitrogen and oxygen atoms in total. The van der Waals surface area contributed by atoms with Gasteiger partial charge in [0.1, 0.15) is 29.2 Å². The molecule has 3 fully saturated rings. The zero-order valence-corrected chi connectivity index (χ0v) is 29.2. The summed E-state index contributed by atoms with van der Waals surface area (Å²) >= 11 is 0. The van der Waals surface area contributed by atoms with Crippen LogP contribution < -0.4 is 20.4 Å². The standard InChI is InChI=1S/C39H40FN11O2/c40-27-5-1-4-26(22-27)31-7-3-16-49(31)37-13-12-35-42-24-34(51(35)46-37)29-6-2-8-36(44-29)48-20-18-47(19-21-48)17-15-41-28-9-10-32-30(23-28)43-25-50(32)33-11-14-38(52)45-39(33)53/h1-2,4-6,8-10,12-13,22-25,31,33,41H,3,7,11,14-21H2,(H,45,52,53)/t31-,33?/m1/s1. The Morgan fingerprint density at radius 1 is 0.868 bits per heavy atom. The van der Waals surface area contributed by atoms with Gasteiger partial charge in [0.25, 0.3) is 0 Å². The van der Waals surface area contributed by atoms with Crippen LogP contribution in [-0.2, 0) is 9.59 Å². The van der Waals surface area contributed by atoms with E-state index in [0.29, 0.717) is 12.8 Å². The van der Waals surface area contributed by atoms with E-state index in [2.05, 4.69) is 41.4 Å². The van der Waals surface area contributed by atoms with Gasteiger partial charge in [0.05, 0.1) is 35.3 Å². The van der Waals surface area contributed by atoms with Crippen LogP contribution in [0.15, 0.2) is 85.3 Å². The lowest BCUT2D eigenvalue weighted by molar-refractivity contribution is -0.135. The molecular formula is C39H40FN11O2. The topological polar surface area (TPSA) is 129 Å². The molecule has 3 aliphatic rings. The SMILES string of the molecule is O=C1CCC(n2cnc3cc(NCCN4CCN(c5cccc(-c6cnc7ccc(N8CCC[C@@H]8c8cccc(F)c8)nn67)n5)CC4)ccc32)C(=O)N1. The average Bonchev–Trinajstić information content (AvgIpc) is 3.94. The van der Waals surface area contributed by atoms with E-state index in [1.165, 1.54) is 6.07 Å². The van der Waals surface area contributed by atoms with Crippen LogP contribution in [0.2, 0.25) is 0 Å². The van der Waals surface area contributed by atoms with Crippen molar-refractivity contribution in [2.45, 2.75) is 37.8 Å². The number of aromatic nitrogens is 6. The van der Waals surface area contributed by atoms with Crippen LogP contribution >= 0.6 is 0 Å². The van der Waals surface area contributed by atoms with Crippen molar-refractivity contribution in [1.82, 2.24) is 39.3 Å². The second-order valence-electron chi connectivity index (χ2n) is 14.0. The molecule has 3 aliphatic heterocycles. The summed E-state index contributed by atoms with van der Waals surface area (Å²) in [6, 6.07) is 22.6. The fourth-order valence-corrected chi connectivity index (χ4v) is 7.93. The fraction of sp³-hybridized carbons (Fsp3) is 0.333. The highest BCUT2D eigenvalue weighted by atomic mass is 19.1. The molecule has 9 rings (SSSR count). The minimum Gasteiger partial charge on any atom is -0.384 e. The van der Waals surface area contributed by atoms with Crippen LogP contribution in [0, 0.1) is 5.82 Å². The van der Waals surface area contributed by atoms with E-state index in [9.17, 15) is 14.0 Å². The zero-order chi connectivity index (χ0) is 35.9. The number of carbonyl (C=O) groups is 2. The highest BCUT2D eigenvalue weighted by Crippen LogP contribution is 2.36. The Bertz CT molecular complexity index is 2310. The second kappa shape index (κ2) is 13.9. The predicted molar refractivity (Wildman–Crippen MR) is 200 cm³/mol. The third-order valence-corrected chi connectivity index (χ3v) is 10.7. The Kier molecular flexibility index (Phi) is 8.66. The number of anilines is 3. The van der Waals surface area contributed by atoms with Crippen molar-refractivity contribution in [2.24, 2.45) is 0 Å². The number of piperazine rings is 1. The number of rotatable bonds is 9. The molecule has 1 unspecified atom stereocenters. The number of imidazole rings is 2. The van der Waals surface area contributed by atoms with E-state index in [4.69, 9.17) is 10.1 Å². The van der Waals surface area contributed by atoms with Gasteiger partial charge < -0.3 is 19.7 Å². The van der Waals surface area contributed by atoms with Crippen molar-refractivity contribution >= 4 is 45.8 Å². The molecule has 2 atom stereocenters. The number of fused-ring (bicyclic) bond motifs is 2. The van der Waals surface area contributed by atoms with E-state index in [1.807, 2.05) is 63.8 Å². The lowest BCUT2D eigenvalue weighted by Gasteiger charge is -2.35. The summed E-state index contributed by atoms with van der Waals surface area (Å²) in [4.78, 5) is 45.3. The number of piperidine rings is 1. The Morgan fingerprint density at radius 2 is 1.75 bits per heavy atom. The number of imide groups is 1. The maximum absolute atomic E-state index is 14.1. The number of benzene rings is 2. The minimum atomic E-state index is -0.424. The van der Waals surface area contributed by atoms with Crippen molar-refractivity contribution in [3.8, 4) is 11.4 Å². The molecule has 0 spiro atoms. The van der Waals surface area contributed by atoms with Crippen molar-refractivity contribution < 1.29 is 14.0 Å². The van der Waals surface area contributed by atoms with Gasteiger partial charge in [-0.2, -0.15) is 0 Å². The first kappa shape index (κ1) is 33.0. The average molecular weight is 714 g/mol. The lowest BCUT2D eigenvalue weighted by Crippen LogP contribution is -2.47. The number of halogens is 1. The summed E-state index contributed by atoms with van der Waals surface area (Å²) in [7, 11) is 0. The Labute approximate surface area is 305 Å². The minimum absolute atomic E-state index is 0.0761. The normalized spacial score (nSPS) is 19.7. The number of nitrogens with zero attached hydrogens (tertiary/aromatic N) is 9. The molecule has 2 N–H and O–H groups in total. The molecule has 0 aliphatic carbocycles. The van der Waals surface area contributed by atoms with E-state index in [0.717, 1.165) is 110 Å². The summed E-state index contributed by atoms with van der Waals surface area (Å²) in [5.41, 5.74) is 6.03. The smallest absolute Gasteiger partial charge is 0.249 e. The van der Waals surface area contributed by atoms with Crippen LogP contribution in [0.25, 0.3) is 28.1 Å². The zero-order valence-electron chi connectivity index (χ0n) is 29.2. The molecular weight excluding hydrogens is 674 g/mol. The molecule has 4 aromatic heterocycles. The molecule has 53 heavy (non-hydrogen) atoms. The van der Waals surface area contributed by atoms with Crippen LogP contribution in [0.3, 0.4) is 0 Å². The molecule has 0 radical (unpaired) electrons.